The molecule has 0 fully saturated rings. The largest absolute Gasteiger partial charge is 0.443 e. The fourth-order valence-corrected chi connectivity index (χ4v) is 1.13. The summed E-state index contributed by atoms with van der Waals surface area (Å²) in [5.41, 5.74) is 0.452. The zero-order valence-corrected chi connectivity index (χ0v) is 10.1. The molecular formula is C12H23NO2. The highest BCUT2D eigenvalue weighted by molar-refractivity contribution is 5.87. The van der Waals surface area contributed by atoms with Gasteiger partial charge in [-0.1, -0.05) is 33.3 Å². The van der Waals surface area contributed by atoms with Gasteiger partial charge in [0, 0.05) is 5.57 Å². The lowest BCUT2D eigenvalue weighted by molar-refractivity contribution is -0.146. The van der Waals surface area contributed by atoms with Crippen LogP contribution in [0.2, 0.25) is 0 Å². The molecule has 0 aliphatic rings. The van der Waals surface area contributed by atoms with Crippen molar-refractivity contribution in [2.45, 2.75) is 52.7 Å². The van der Waals surface area contributed by atoms with Crippen LogP contribution < -0.4 is 5.32 Å². The molecule has 1 unspecified atom stereocenters. The maximum absolute atomic E-state index is 11.3. The second-order valence-corrected chi connectivity index (χ2v) is 3.77. The number of ether oxygens (including phenoxy) is 1. The Labute approximate surface area is 92.9 Å². The second kappa shape index (κ2) is 8.48. The first-order valence-electron chi connectivity index (χ1n) is 5.71. The van der Waals surface area contributed by atoms with Crippen molar-refractivity contribution in [1.29, 1.82) is 0 Å². The average Bonchev–Trinajstić information content (AvgIpc) is 2.18. The maximum atomic E-state index is 11.3. The van der Waals surface area contributed by atoms with Gasteiger partial charge in [0.2, 0.25) is 0 Å². The molecule has 1 atom stereocenters. The molecule has 1 N–H and O–H groups in total. The standard InChI is InChI=1S/C12H23NO2/c1-5-7-9-13-11(8-6-2)15-12(14)10(3)4/h11,13H,3,5-9H2,1-2,4H3. The van der Waals surface area contributed by atoms with Gasteiger partial charge in [0.1, 0.15) is 0 Å². The molecule has 3 heteroatoms. The molecule has 0 aromatic carbocycles. The number of hydrogen-bond donors (Lipinski definition) is 1. The molecular weight excluding hydrogens is 190 g/mol. The van der Waals surface area contributed by atoms with Crippen molar-refractivity contribution in [3.05, 3.63) is 12.2 Å². The maximum Gasteiger partial charge on any atom is 0.334 e. The minimum atomic E-state index is -0.308. The van der Waals surface area contributed by atoms with E-state index in [1.807, 2.05) is 0 Å². The predicted octanol–water partition coefficient (Wildman–Crippen LogP) is 2.62. The number of carbonyl (C=O) groups excluding carboxylic acids is 1. The van der Waals surface area contributed by atoms with Crippen molar-refractivity contribution in [2.24, 2.45) is 0 Å². The van der Waals surface area contributed by atoms with Crippen LogP contribution in [0.5, 0.6) is 0 Å². The SMILES string of the molecule is C=C(C)C(=O)OC(CCC)NCCCC. The van der Waals surface area contributed by atoms with E-state index in [1.165, 1.54) is 0 Å². The van der Waals surface area contributed by atoms with Crippen LogP contribution in [-0.4, -0.2) is 18.7 Å². The Morgan fingerprint density at radius 3 is 2.53 bits per heavy atom. The number of esters is 1. The van der Waals surface area contributed by atoms with Crippen molar-refractivity contribution < 1.29 is 9.53 Å². The van der Waals surface area contributed by atoms with E-state index in [1.54, 1.807) is 6.92 Å². The van der Waals surface area contributed by atoms with Gasteiger partial charge in [-0.2, -0.15) is 0 Å². The molecule has 0 aliphatic carbocycles. The molecule has 0 saturated heterocycles. The molecule has 0 aromatic heterocycles. The van der Waals surface area contributed by atoms with E-state index in [2.05, 4.69) is 25.7 Å². The summed E-state index contributed by atoms with van der Waals surface area (Å²) < 4.78 is 5.25. The third-order valence-electron chi connectivity index (χ3n) is 2.05. The van der Waals surface area contributed by atoms with Gasteiger partial charge >= 0.3 is 5.97 Å². The van der Waals surface area contributed by atoms with Gasteiger partial charge in [-0.3, -0.25) is 5.32 Å². The smallest absolute Gasteiger partial charge is 0.334 e. The monoisotopic (exact) mass is 213 g/mol. The van der Waals surface area contributed by atoms with Gasteiger partial charge in [-0.15, -0.1) is 0 Å². The zero-order chi connectivity index (χ0) is 11.7. The summed E-state index contributed by atoms with van der Waals surface area (Å²) in [4.78, 5) is 11.3. The van der Waals surface area contributed by atoms with Crippen LogP contribution in [0.1, 0.15) is 46.5 Å². The van der Waals surface area contributed by atoms with E-state index in [-0.39, 0.29) is 12.2 Å². The van der Waals surface area contributed by atoms with E-state index < -0.39 is 0 Å². The lowest BCUT2D eigenvalue weighted by Gasteiger charge is -2.18. The third-order valence-corrected chi connectivity index (χ3v) is 2.05. The van der Waals surface area contributed by atoms with Crippen LogP contribution >= 0.6 is 0 Å². The summed E-state index contributed by atoms with van der Waals surface area (Å²) in [6, 6.07) is 0. The van der Waals surface area contributed by atoms with Crippen molar-refractivity contribution in [1.82, 2.24) is 5.32 Å². The first kappa shape index (κ1) is 14.2. The van der Waals surface area contributed by atoms with Crippen molar-refractivity contribution in [3.8, 4) is 0 Å². The molecule has 0 rings (SSSR count). The lowest BCUT2D eigenvalue weighted by atomic mass is 10.2. The highest BCUT2D eigenvalue weighted by Crippen LogP contribution is 2.03. The average molecular weight is 213 g/mol. The lowest BCUT2D eigenvalue weighted by Crippen LogP contribution is -2.34. The first-order valence-corrected chi connectivity index (χ1v) is 5.71. The summed E-state index contributed by atoms with van der Waals surface area (Å²) in [5, 5.41) is 3.22. The van der Waals surface area contributed by atoms with Gasteiger partial charge in [0.05, 0.1) is 0 Å². The summed E-state index contributed by atoms with van der Waals surface area (Å²) in [6.45, 7) is 10.3. The quantitative estimate of drug-likeness (QED) is 0.291. The molecule has 0 radical (unpaired) electrons. The molecule has 0 aromatic rings. The van der Waals surface area contributed by atoms with Gasteiger partial charge in [0.25, 0.3) is 0 Å². The minimum absolute atomic E-state index is 0.161. The fraction of sp³-hybridized carbons (Fsp3) is 0.750. The van der Waals surface area contributed by atoms with Crippen LogP contribution in [0.15, 0.2) is 12.2 Å². The summed E-state index contributed by atoms with van der Waals surface area (Å²) in [5.74, 6) is -0.308. The molecule has 0 heterocycles. The van der Waals surface area contributed by atoms with Crippen LogP contribution in [0.3, 0.4) is 0 Å². The Kier molecular flexibility index (Phi) is 8.01. The molecule has 0 saturated carbocycles. The van der Waals surface area contributed by atoms with Gasteiger partial charge < -0.3 is 4.74 Å². The van der Waals surface area contributed by atoms with Gasteiger partial charge in [-0.25, -0.2) is 4.79 Å². The Bertz CT molecular complexity index is 202. The highest BCUT2D eigenvalue weighted by atomic mass is 16.6. The van der Waals surface area contributed by atoms with E-state index in [0.29, 0.717) is 5.57 Å². The van der Waals surface area contributed by atoms with E-state index in [0.717, 1.165) is 32.2 Å². The van der Waals surface area contributed by atoms with Crippen molar-refractivity contribution in [3.63, 3.8) is 0 Å². The third kappa shape index (κ3) is 7.14. The van der Waals surface area contributed by atoms with Crippen molar-refractivity contribution in [2.75, 3.05) is 6.54 Å². The van der Waals surface area contributed by atoms with Gasteiger partial charge in [-0.05, 0) is 26.3 Å². The molecule has 3 nitrogen and oxygen atoms in total. The highest BCUT2D eigenvalue weighted by Gasteiger charge is 2.12. The van der Waals surface area contributed by atoms with Crippen LogP contribution in [0.4, 0.5) is 0 Å². The minimum Gasteiger partial charge on any atom is -0.443 e. The second-order valence-electron chi connectivity index (χ2n) is 3.77. The van der Waals surface area contributed by atoms with E-state index in [4.69, 9.17) is 4.74 Å². The first-order chi connectivity index (χ1) is 7.11. The van der Waals surface area contributed by atoms with Crippen LogP contribution in [0, 0.1) is 0 Å². The Balaban J connectivity index is 3.91. The zero-order valence-electron chi connectivity index (χ0n) is 10.1. The molecule has 15 heavy (non-hydrogen) atoms. The number of hydrogen-bond acceptors (Lipinski definition) is 3. The normalized spacial score (nSPS) is 12.2. The number of unbranched alkanes of at least 4 members (excludes halogenated alkanes) is 1. The van der Waals surface area contributed by atoms with Crippen LogP contribution in [-0.2, 0) is 9.53 Å². The van der Waals surface area contributed by atoms with Crippen molar-refractivity contribution >= 4 is 5.97 Å². The van der Waals surface area contributed by atoms with E-state index >= 15 is 0 Å². The Hall–Kier alpha value is -0.830. The number of carbonyl (C=O) groups is 1. The Morgan fingerprint density at radius 2 is 2.07 bits per heavy atom. The topological polar surface area (TPSA) is 38.3 Å². The predicted molar refractivity (Wildman–Crippen MR) is 62.5 cm³/mol. The number of nitrogens with one attached hydrogen (secondary N) is 1. The Morgan fingerprint density at radius 1 is 1.40 bits per heavy atom. The van der Waals surface area contributed by atoms with Gasteiger partial charge in [0.15, 0.2) is 6.23 Å². The molecule has 0 spiro atoms. The molecule has 88 valence electrons. The van der Waals surface area contributed by atoms with E-state index in [9.17, 15) is 4.79 Å². The number of rotatable bonds is 8. The molecule has 0 amide bonds. The molecule has 0 aliphatic heterocycles. The summed E-state index contributed by atoms with van der Waals surface area (Å²) >= 11 is 0. The fourth-order valence-electron chi connectivity index (χ4n) is 1.13. The van der Waals surface area contributed by atoms with Crippen LogP contribution in [0.25, 0.3) is 0 Å². The summed E-state index contributed by atoms with van der Waals surface area (Å²) in [7, 11) is 0. The molecule has 0 bridgehead atoms. The summed E-state index contributed by atoms with van der Waals surface area (Å²) in [6.07, 6.45) is 3.92.